The van der Waals surface area contributed by atoms with Gasteiger partial charge in [0.15, 0.2) is 0 Å². The highest BCUT2D eigenvalue weighted by molar-refractivity contribution is 9.11. The minimum Gasteiger partial charge on any atom is -0.314 e. The molecule has 0 amide bonds. The smallest absolute Gasteiger partial charge is 0.0701 e. The zero-order valence-corrected chi connectivity index (χ0v) is 9.75. The van der Waals surface area contributed by atoms with Crippen LogP contribution in [-0.2, 0) is 6.42 Å². The first-order valence-electron chi connectivity index (χ1n) is 4.53. The van der Waals surface area contributed by atoms with Gasteiger partial charge in [-0.3, -0.25) is 0 Å². The Balaban J connectivity index is 1.89. The third-order valence-corrected chi connectivity index (χ3v) is 3.85. The molecule has 1 aromatic rings. The highest BCUT2D eigenvalue weighted by atomic mass is 79.9. The van der Waals surface area contributed by atoms with Gasteiger partial charge in [0.2, 0.25) is 0 Å². The fourth-order valence-electron chi connectivity index (χ4n) is 1.56. The van der Waals surface area contributed by atoms with Gasteiger partial charge >= 0.3 is 0 Å². The van der Waals surface area contributed by atoms with Gasteiger partial charge in [-0.25, -0.2) is 0 Å². The van der Waals surface area contributed by atoms with Crippen molar-refractivity contribution in [3.05, 3.63) is 20.8 Å². The molecule has 0 saturated carbocycles. The largest absolute Gasteiger partial charge is 0.314 e. The summed E-state index contributed by atoms with van der Waals surface area (Å²) in [7, 11) is 0. The molecule has 13 heavy (non-hydrogen) atoms. The number of thiophene rings is 1. The summed E-state index contributed by atoms with van der Waals surface area (Å²) in [6, 6.07) is 4.93. The van der Waals surface area contributed by atoms with Crippen LogP contribution >= 0.6 is 27.3 Å². The lowest BCUT2D eigenvalue weighted by molar-refractivity contribution is 0.418. The summed E-state index contributed by atoms with van der Waals surface area (Å²) in [6.07, 6.45) is 1.14. The Labute approximate surface area is 90.9 Å². The predicted octanol–water partition coefficient (Wildman–Crippen LogP) is 1.61. The minimum atomic E-state index is 0.610. The number of halogens is 1. The fourth-order valence-corrected chi connectivity index (χ4v) is 3.12. The Bertz CT molecular complexity index is 268. The van der Waals surface area contributed by atoms with Gasteiger partial charge in [0.1, 0.15) is 0 Å². The maximum atomic E-state index is 3.51. The van der Waals surface area contributed by atoms with E-state index in [1.165, 1.54) is 8.66 Å². The summed E-state index contributed by atoms with van der Waals surface area (Å²) in [6.45, 7) is 3.29. The molecule has 1 fully saturated rings. The number of nitrogens with one attached hydrogen (secondary N) is 2. The molecule has 2 N–H and O–H groups in total. The second-order valence-electron chi connectivity index (χ2n) is 3.27. The van der Waals surface area contributed by atoms with E-state index in [1.54, 1.807) is 0 Å². The molecule has 0 aromatic carbocycles. The lowest BCUT2D eigenvalue weighted by Gasteiger charge is -2.23. The van der Waals surface area contributed by atoms with Crippen molar-refractivity contribution >= 4 is 27.3 Å². The Morgan fingerprint density at radius 1 is 1.46 bits per heavy atom. The molecule has 0 aliphatic carbocycles. The van der Waals surface area contributed by atoms with Crippen LogP contribution in [0.5, 0.6) is 0 Å². The molecule has 2 rings (SSSR count). The summed E-state index contributed by atoms with van der Waals surface area (Å²) < 4.78 is 1.23. The van der Waals surface area contributed by atoms with Crippen LogP contribution in [0.3, 0.4) is 0 Å². The molecule has 1 aliphatic heterocycles. The molecule has 1 saturated heterocycles. The van der Waals surface area contributed by atoms with Crippen molar-refractivity contribution in [2.24, 2.45) is 0 Å². The molecule has 72 valence electrons. The van der Waals surface area contributed by atoms with Crippen molar-refractivity contribution in [3.63, 3.8) is 0 Å². The van der Waals surface area contributed by atoms with Crippen LogP contribution in [0, 0.1) is 0 Å². The average molecular weight is 261 g/mol. The first-order valence-corrected chi connectivity index (χ1v) is 6.14. The van der Waals surface area contributed by atoms with E-state index in [1.807, 2.05) is 11.3 Å². The van der Waals surface area contributed by atoms with Gasteiger partial charge in [-0.05, 0) is 34.5 Å². The van der Waals surface area contributed by atoms with Crippen LogP contribution in [0.1, 0.15) is 4.88 Å². The Morgan fingerprint density at radius 2 is 2.38 bits per heavy atom. The monoisotopic (exact) mass is 260 g/mol. The van der Waals surface area contributed by atoms with Crippen molar-refractivity contribution in [2.75, 3.05) is 19.6 Å². The summed E-state index contributed by atoms with van der Waals surface area (Å²) in [5, 5.41) is 6.90. The second kappa shape index (κ2) is 4.55. The van der Waals surface area contributed by atoms with Gasteiger partial charge < -0.3 is 10.6 Å². The molecule has 1 aliphatic rings. The Kier molecular flexibility index (Phi) is 3.38. The molecule has 0 spiro atoms. The molecule has 0 radical (unpaired) electrons. The predicted molar refractivity (Wildman–Crippen MR) is 60.4 cm³/mol. The van der Waals surface area contributed by atoms with E-state index in [9.17, 15) is 0 Å². The van der Waals surface area contributed by atoms with Crippen molar-refractivity contribution in [3.8, 4) is 0 Å². The number of rotatable bonds is 2. The molecule has 2 nitrogen and oxygen atoms in total. The molecule has 1 aromatic heterocycles. The molecule has 1 unspecified atom stereocenters. The van der Waals surface area contributed by atoms with E-state index in [2.05, 4.69) is 38.7 Å². The summed E-state index contributed by atoms with van der Waals surface area (Å²) in [5.74, 6) is 0. The number of hydrogen-bond donors (Lipinski definition) is 2. The highest BCUT2D eigenvalue weighted by Gasteiger charge is 2.12. The van der Waals surface area contributed by atoms with Crippen molar-refractivity contribution in [2.45, 2.75) is 12.5 Å². The van der Waals surface area contributed by atoms with Crippen molar-refractivity contribution < 1.29 is 0 Å². The van der Waals surface area contributed by atoms with E-state index in [-0.39, 0.29) is 0 Å². The van der Waals surface area contributed by atoms with E-state index in [0.717, 1.165) is 26.1 Å². The van der Waals surface area contributed by atoms with Crippen LogP contribution in [0.15, 0.2) is 15.9 Å². The van der Waals surface area contributed by atoms with Gasteiger partial charge in [0.05, 0.1) is 3.79 Å². The van der Waals surface area contributed by atoms with Crippen LogP contribution in [-0.4, -0.2) is 25.7 Å². The quantitative estimate of drug-likeness (QED) is 0.845. The fraction of sp³-hybridized carbons (Fsp3) is 0.556. The zero-order valence-electron chi connectivity index (χ0n) is 7.35. The van der Waals surface area contributed by atoms with E-state index in [4.69, 9.17) is 0 Å². The number of hydrogen-bond acceptors (Lipinski definition) is 3. The van der Waals surface area contributed by atoms with Crippen LogP contribution in [0.4, 0.5) is 0 Å². The van der Waals surface area contributed by atoms with Crippen LogP contribution < -0.4 is 10.6 Å². The van der Waals surface area contributed by atoms with E-state index >= 15 is 0 Å². The minimum absolute atomic E-state index is 0.610. The molecule has 1 atom stereocenters. The van der Waals surface area contributed by atoms with Crippen LogP contribution in [0.25, 0.3) is 0 Å². The zero-order chi connectivity index (χ0) is 9.10. The summed E-state index contributed by atoms with van der Waals surface area (Å²) in [5.41, 5.74) is 0. The van der Waals surface area contributed by atoms with Crippen molar-refractivity contribution in [1.82, 2.24) is 10.6 Å². The third kappa shape index (κ3) is 2.77. The molecule has 2 heterocycles. The first kappa shape index (κ1) is 9.65. The lowest BCUT2D eigenvalue weighted by Crippen LogP contribution is -2.49. The van der Waals surface area contributed by atoms with Crippen LogP contribution in [0.2, 0.25) is 0 Å². The summed E-state index contributed by atoms with van der Waals surface area (Å²) in [4.78, 5) is 1.45. The standard InChI is InChI=1S/C9H13BrN2S/c10-9-2-1-8(13-9)5-7-6-11-3-4-12-7/h1-2,7,11-12H,3-6H2. The van der Waals surface area contributed by atoms with Gasteiger partial charge in [0.25, 0.3) is 0 Å². The van der Waals surface area contributed by atoms with E-state index < -0.39 is 0 Å². The molecular formula is C9H13BrN2S. The topological polar surface area (TPSA) is 24.1 Å². The third-order valence-electron chi connectivity index (χ3n) is 2.20. The summed E-state index contributed by atoms with van der Waals surface area (Å²) >= 11 is 5.31. The average Bonchev–Trinajstić information content (AvgIpc) is 2.53. The van der Waals surface area contributed by atoms with Gasteiger partial charge in [-0.1, -0.05) is 0 Å². The molecular weight excluding hydrogens is 248 g/mol. The lowest BCUT2D eigenvalue weighted by atomic mass is 10.1. The number of piperazine rings is 1. The maximum Gasteiger partial charge on any atom is 0.0701 e. The van der Waals surface area contributed by atoms with Crippen molar-refractivity contribution in [1.29, 1.82) is 0 Å². The highest BCUT2D eigenvalue weighted by Crippen LogP contribution is 2.23. The SMILES string of the molecule is Brc1ccc(CC2CNCCN2)s1. The Morgan fingerprint density at radius 3 is 3.00 bits per heavy atom. The van der Waals surface area contributed by atoms with E-state index in [0.29, 0.717) is 6.04 Å². The molecule has 4 heteroatoms. The Hall–Kier alpha value is 0.1000. The maximum absolute atomic E-state index is 3.51. The van der Waals surface area contributed by atoms with Gasteiger partial charge in [0, 0.05) is 30.6 Å². The first-order chi connectivity index (χ1) is 6.34. The van der Waals surface area contributed by atoms with Gasteiger partial charge in [-0.15, -0.1) is 11.3 Å². The second-order valence-corrected chi connectivity index (χ2v) is 5.81. The normalized spacial score (nSPS) is 23.3. The molecule has 0 bridgehead atoms. The van der Waals surface area contributed by atoms with Gasteiger partial charge in [-0.2, -0.15) is 0 Å².